The molecule has 1 heterocycles. The number of amides is 3. The van der Waals surface area contributed by atoms with E-state index in [1.165, 1.54) is 0 Å². The zero-order valence-corrected chi connectivity index (χ0v) is 33.3. The maximum Gasteiger partial charge on any atom is 0.240 e. The summed E-state index contributed by atoms with van der Waals surface area (Å²) in [5.74, 6) is -1.84. The first-order valence-electron chi connectivity index (χ1n) is 20.6. The van der Waals surface area contributed by atoms with Gasteiger partial charge in [-0.3, -0.25) is 28.7 Å². The van der Waals surface area contributed by atoms with Crippen LogP contribution in [0.25, 0.3) is 0 Å². The molecule has 7 aliphatic rings. The van der Waals surface area contributed by atoms with E-state index in [2.05, 4.69) is 23.9 Å². The van der Waals surface area contributed by atoms with Crippen molar-refractivity contribution in [1.29, 1.82) is 0 Å². The van der Waals surface area contributed by atoms with Crippen LogP contribution in [0.5, 0.6) is 0 Å². The first-order chi connectivity index (χ1) is 24.3. The van der Waals surface area contributed by atoms with Gasteiger partial charge in [0.05, 0.1) is 22.7 Å². The number of Topliss-reactive ketones (excluding diaryl/α,β-unsaturated/α-hetero) is 2. The molecule has 0 aromatic rings. The molecule has 6 atom stereocenters. The lowest BCUT2D eigenvalue weighted by Crippen LogP contribution is -2.51. The fourth-order valence-electron chi connectivity index (χ4n) is 11.6. The molecule has 7 rings (SSSR count). The van der Waals surface area contributed by atoms with Crippen molar-refractivity contribution in [3.8, 4) is 0 Å². The Morgan fingerprint density at radius 2 is 1.52 bits per heavy atom. The minimum absolute atomic E-state index is 0.00330. The summed E-state index contributed by atoms with van der Waals surface area (Å²) in [5, 5.41) is 2.59. The van der Waals surface area contributed by atoms with Crippen molar-refractivity contribution in [3.05, 3.63) is 0 Å². The zero-order valence-electron chi connectivity index (χ0n) is 32.5. The SMILES string of the molecule is CC[C@@H]1C[C@]1(CC(=O)[C@@H]1C[C@@]2(CN1C(=O)[C@@H](CC(=O)[C@@H](NC(=O)C1CC1)C1CCCCC1)C(C)(C)C)C(C)(C)C21CCC1)C(=O)NS(=O)(=O)C1CC1. The lowest BCUT2D eigenvalue weighted by molar-refractivity contribution is -0.147. The highest BCUT2D eigenvalue weighted by Crippen LogP contribution is 2.88. The first-order valence-corrected chi connectivity index (χ1v) is 22.1. The van der Waals surface area contributed by atoms with Gasteiger partial charge in [0.1, 0.15) is 0 Å². The van der Waals surface area contributed by atoms with E-state index in [1.54, 1.807) is 4.90 Å². The summed E-state index contributed by atoms with van der Waals surface area (Å²) in [6.45, 7) is 12.9. The van der Waals surface area contributed by atoms with Crippen LogP contribution >= 0.6 is 0 Å². The molecule has 1 aliphatic heterocycles. The van der Waals surface area contributed by atoms with Crippen LogP contribution in [0.2, 0.25) is 0 Å². The van der Waals surface area contributed by atoms with Crippen LogP contribution in [0, 0.1) is 50.7 Å². The lowest BCUT2D eigenvalue weighted by atomic mass is 9.73. The molecule has 52 heavy (non-hydrogen) atoms. The number of ketones is 2. The van der Waals surface area contributed by atoms with Crippen LogP contribution in [0.15, 0.2) is 0 Å². The van der Waals surface area contributed by atoms with Gasteiger partial charge in [-0.1, -0.05) is 73.6 Å². The highest BCUT2D eigenvalue weighted by atomic mass is 32.2. The quantitative estimate of drug-likeness (QED) is 0.227. The molecule has 0 bridgehead atoms. The molecule has 6 aliphatic carbocycles. The normalized spacial score (nSPS) is 33.2. The van der Waals surface area contributed by atoms with E-state index in [0.717, 1.165) is 64.2 Å². The van der Waals surface area contributed by atoms with Crippen LogP contribution in [-0.4, -0.2) is 66.5 Å². The number of rotatable bonds is 14. The van der Waals surface area contributed by atoms with Crippen LogP contribution in [0.3, 0.4) is 0 Å². The number of carbonyl (C=O) groups excluding carboxylic acids is 5. The van der Waals surface area contributed by atoms with E-state index < -0.39 is 50.0 Å². The van der Waals surface area contributed by atoms with Crippen molar-refractivity contribution in [2.45, 2.75) is 168 Å². The van der Waals surface area contributed by atoms with E-state index >= 15 is 4.79 Å². The van der Waals surface area contributed by atoms with Gasteiger partial charge in [0.15, 0.2) is 11.6 Å². The van der Waals surface area contributed by atoms with Crippen LogP contribution in [-0.2, 0) is 34.0 Å². The van der Waals surface area contributed by atoms with Gasteiger partial charge in [-0.25, -0.2) is 8.42 Å². The second-order valence-electron chi connectivity index (χ2n) is 19.9. The largest absolute Gasteiger partial charge is 0.346 e. The number of sulfonamides is 1. The summed E-state index contributed by atoms with van der Waals surface area (Å²) in [6, 6.07) is -1.35. The summed E-state index contributed by atoms with van der Waals surface area (Å²) in [7, 11) is -3.77. The van der Waals surface area contributed by atoms with Gasteiger partial charge in [0.25, 0.3) is 0 Å². The zero-order chi connectivity index (χ0) is 37.6. The smallest absolute Gasteiger partial charge is 0.240 e. The third-order valence-corrected chi connectivity index (χ3v) is 17.6. The van der Waals surface area contributed by atoms with Crippen molar-refractivity contribution in [3.63, 3.8) is 0 Å². The molecule has 0 aromatic carbocycles. The molecule has 7 fully saturated rings. The maximum atomic E-state index is 15.1. The first kappa shape index (κ1) is 38.0. The number of carbonyl (C=O) groups is 5. The average Bonchev–Trinajstić information content (AvgIpc) is 3.90. The third kappa shape index (κ3) is 6.18. The summed E-state index contributed by atoms with van der Waals surface area (Å²) in [6.07, 6.45) is 12.5. The number of hydrogen-bond donors (Lipinski definition) is 2. The summed E-state index contributed by atoms with van der Waals surface area (Å²) < 4.78 is 28.0. The second kappa shape index (κ2) is 12.9. The lowest BCUT2D eigenvalue weighted by Gasteiger charge is -2.37. The summed E-state index contributed by atoms with van der Waals surface area (Å²) in [4.78, 5) is 72.7. The molecule has 10 nitrogen and oxygen atoms in total. The molecule has 2 N–H and O–H groups in total. The van der Waals surface area contributed by atoms with Crippen molar-refractivity contribution in [2.24, 2.45) is 50.7 Å². The molecule has 3 amide bonds. The number of nitrogens with zero attached hydrogens (tertiary/aromatic N) is 1. The number of nitrogens with one attached hydrogen (secondary N) is 2. The van der Waals surface area contributed by atoms with Gasteiger partial charge in [-0.15, -0.1) is 0 Å². The van der Waals surface area contributed by atoms with E-state index in [0.29, 0.717) is 38.6 Å². The monoisotopic (exact) mass is 741 g/mol. The average molecular weight is 742 g/mol. The Labute approximate surface area is 311 Å². The van der Waals surface area contributed by atoms with E-state index in [1.807, 2.05) is 27.7 Å². The highest BCUT2D eigenvalue weighted by molar-refractivity contribution is 7.90. The Balaban J connectivity index is 1.16. The fraction of sp³-hybridized carbons (Fsp3) is 0.878. The molecule has 11 heteroatoms. The van der Waals surface area contributed by atoms with Gasteiger partial charge in [-0.05, 0) is 92.3 Å². The van der Waals surface area contributed by atoms with Crippen molar-refractivity contribution in [1.82, 2.24) is 14.9 Å². The predicted octanol–water partition coefficient (Wildman–Crippen LogP) is 5.86. The molecule has 290 valence electrons. The summed E-state index contributed by atoms with van der Waals surface area (Å²) in [5.41, 5.74) is -1.89. The van der Waals surface area contributed by atoms with Crippen molar-refractivity contribution >= 4 is 39.3 Å². The highest BCUT2D eigenvalue weighted by Gasteiger charge is 2.85. The number of fused-ring (bicyclic) bond motifs is 1. The fourth-order valence-corrected chi connectivity index (χ4v) is 13.0. The number of hydrogen-bond acceptors (Lipinski definition) is 7. The van der Waals surface area contributed by atoms with Gasteiger partial charge in [-0.2, -0.15) is 0 Å². The molecule has 2 spiro atoms. The van der Waals surface area contributed by atoms with E-state index in [4.69, 9.17) is 0 Å². The van der Waals surface area contributed by atoms with Crippen LogP contribution in [0.1, 0.15) is 151 Å². The third-order valence-electron chi connectivity index (χ3n) is 15.8. The predicted molar refractivity (Wildman–Crippen MR) is 197 cm³/mol. The van der Waals surface area contributed by atoms with Gasteiger partial charge < -0.3 is 10.2 Å². The standard InChI is InChI=1S/C41H63N3O7S/c1-7-27-21-39(27,36(49)43-52(50,51)28-16-17-28)23-32(46)30-22-41(38(5,6)40(41)18-11-19-40)24-44(30)35(48)29(37(2,3)4)20-31(45)33(25-12-9-8-10-13-25)42-34(47)26-14-15-26/h25-30,33H,7-24H2,1-6H3,(H,42,47)(H,43,49)/t27-,29-,30+,33+,39-,41-/m1/s1. The molecule has 0 unspecified atom stereocenters. The van der Waals surface area contributed by atoms with E-state index in [-0.39, 0.29) is 70.2 Å². The topological polar surface area (TPSA) is 147 Å². The Bertz CT molecular complexity index is 1610. The van der Waals surface area contributed by atoms with E-state index in [9.17, 15) is 27.6 Å². The molecule has 0 radical (unpaired) electrons. The van der Waals surface area contributed by atoms with Crippen molar-refractivity contribution < 1.29 is 32.4 Å². The summed E-state index contributed by atoms with van der Waals surface area (Å²) >= 11 is 0. The molecule has 0 aromatic heterocycles. The Morgan fingerprint density at radius 3 is 2.02 bits per heavy atom. The second-order valence-corrected chi connectivity index (χ2v) is 21.8. The van der Waals surface area contributed by atoms with Gasteiger partial charge in [0, 0.05) is 36.6 Å². The van der Waals surface area contributed by atoms with Crippen molar-refractivity contribution in [2.75, 3.05) is 6.54 Å². The molecular formula is C41H63N3O7S. The molecular weight excluding hydrogens is 679 g/mol. The number of likely N-dealkylation sites (tertiary alicyclic amines) is 1. The molecule has 1 saturated heterocycles. The Kier molecular flexibility index (Phi) is 9.42. The Hall–Kier alpha value is -2.30. The Morgan fingerprint density at radius 1 is 0.865 bits per heavy atom. The van der Waals surface area contributed by atoms with Gasteiger partial charge >= 0.3 is 0 Å². The van der Waals surface area contributed by atoms with Gasteiger partial charge in [0.2, 0.25) is 27.7 Å². The minimum Gasteiger partial charge on any atom is -0.346 e. The van der Waals surface area contributed by atoms with Crippen LogP contribution in [0.4, 0.5) is 0 Å². The molecule has 6 saturated carbocycles. The van der Waals surface area contributed by atoms with Crippen LogP contribution < -0.4 is 10.0 Å². The minimum atomic E-state index is -3.77. The maximum absolute atomic E-state index is 15.1.